The summed E-state index contributed by atoms with van der Waals surface area (Å²) in [5, 5.41) is 16.6. The predicted molar refractivity (Wildman–Crippen MR) is 126 cm³/mol. The third-order valence-electron chi connectivity index (χ3n) is 8.13. The monoisotopic (exact) mass is 473 g/mol. The maximum Gasteiger partial charge on any atom is 0.329 e. The molecule has 5 aliphatic rings. The molecule has 4 bridgehead atoms. The third-order valence-corrected chi connectivity index (χ3v) is 9.32. The molecule has 2 heterocycles. The Kier molecular flexibility index (Phi) is 6.69. The molecule has 1 saturated heterocycles. The molecular formula is C25H35N3O4S. The summed E-state index contributed by atoms with van der Waals surface area (Å²) in [6, 6.07) is 4.02. The number of carbonyl (C=O) groups excluding carboxylic acids is 1. The van der Waals surface area contributed by atoms with Crippen molar-refractivity contribution in [3.63, 3.8) is 0 Å². The van der Waals surface area contributed by atoms with Crippen LogP contribution in [0.5, 0.6) is 0 Å². The van der Waals surface area contributed by atoms with Crippen LogP contribution in [0.3, 0.4) is 0 Å². The molecular weight excluding hydrogens is 438 g/mol. The number of nitrogens with one attached hydrogen (secondary N) is 2. The Hall–Kier alpha value is -1.64. The van der Waals surface area contributed by atoms with Crippen molar-refractivity contribution in [2.45, 2.75) is 68.5 Å². The average Bonchev–Trinajstić information content (AvgIpc) is 3.28. The van der Waals surface area contributed by atoms with Crippen molar-refractivity contribution in [3.05, 3.63) is 23.4 Å². The lowest BCUT2D eigenvalue weighted by atomic mass is 9.54. The molecule has 1 atom stereocenters. The van der Waals surface area contributed by atoms with E-state index < -0.39 is 11.6 Å². The van der Waals surface area contributed by atoms with E-state index in [2.05, 4.69) is 17.6 Å². The second-order valence-electron chi connectivity index (χ2n) is 10.4. The van der Waals surface area contributed by atoms with Crippen LogP contribution in [-0.2, 0) is 15.1 Å². The number of rotatable bonds is 9. The second kappa shape index (κ2) is 9.55. The Morgan fingerprint density at radius 2 is 1.94 bits per heavy atom. The Bertz CT molecular complexity index is 874. The van der Waals surface area contributed by atoms with Crippen molar-refractivity contribution in [2.24, 2.45) is 23.7 Å². The molecule has 33 heavy (non-hydrogen) atoms. The summed E-state index contributed by atoms with van der Waals surface area (Å²) in [7, 11) is 0. The van der Waals surface area contributed by atoms with E-state index in [1.807, 2.05) is 12.1 Å². The molecule has 0 spiro atoms. The van der Waals surface area contributed by atoms with Gasteiger partial charge in [-0.25, -0.2) is 9.78 Å². The number of carboxylic acid groups (broad SMARTS) is 1. The number of carbonyl (C=O) groups is 2. The number of pyridine rings is 1. The zero-order chi connectivity index (χ0) is 23.0. The molecule has 3 N–H and O–H groups in total. The van der Waals surface area contributed by atoms with Crippen LogP contribution in [0.4, 0.5) is 0 Å². The lowest BCUT2D eigenvalue weighted by Gasteiger charge is -2.54. The molecule has 6 rings (SSSR count). The van der Waals surface area contributed by atoms with Crippen molar-refractivity contribution in [1.82, 2.24) is 15.6 Å². The van der Waals surface area contributed by atoms with Gasteiger partial charge in [0.25, 0.3) is 5.91 Å². The van der Waals surface area contributed by atoms with E-state index in [-0.39, 0.29) is 12.5 Å². The van der Waals surface area contributed by atoms with Gasteiger partial charge >= 0.3 is 5.97 Å². The molecule has 1 amide bonds. The molecule has 4 aliphatic carbocycles. The van der Waals surface area contributed by atoms with Gasteiger partial charge in [-0.1, -0.05) is 6.92 Å². The van der Waals surface area contributed by atoms with Crippen molar-refractivity contribution < 1.29 is 19.4 Å². The summed E-state index contributed by atoms with van der Waals surface area (Å²) in [4.78, 5) is 29.5. The molecule has 0 unspecified atom stereocenters. The fourth-order valence-corrected chi connectivity index (χ4v) is 7.73. The molecule has 180 valence electrons. The SMILES string of the molecule is CCCSc1nc([C@@]2(OCC(=O)O)CCNC2)ccc1C(=O)NC1C2CC3CC(C2)CC1C3. The van der Waals surface area contributed by atoms with Crippen molar-refractivity contribution in [3.8, 4) is 0 Å². The smallest absolute Gasteiger partial charge is 0.329 e. The van der Waals surface area contributed by atoms with Gasteiger partial charge in [0, 0.05) is 12.6 Å². The lowest BCUT2D eigenvalue weighted by molar-refractivity contribution is -0.149. The summed E-state index contributed by atoms with van der Waals surface area (Å²) in [5.74, 6) is 2.86. The van der Waals surface area contributed by atoms with Crippen LogP contribution in [0.1, 0.15) is 67.9 Å². The van der Waals surface area contributed by atoms with Crippen LogP contribution in [0.15, 0.2) is 17.2 Å². The zero-order valence-electron chi connectivity index (χ0n) is 19.3. The molecule has 0 radical (unpaired) electrons. The first kappa shape index (κ1) is 23.1. The highest BCUT2D eigenvalue weighted by Crippen LogP contribution is 2.53. The van der Waals surface area contributed by atoms with Crippen LogP contribution >= 0.6 is 11.8 Å². The predicted octanol–water partition coefficient (Wildman–Crippen LogP) is 3.43. The molecule has 8 heteroatoms. The Balaban J connectivity index is 1.37. The van der Waals surface area contributed by atoms with Gasteiger partial charge in [0.15, 0.2) is 0 Å². The average molecular weight is 474 g/mol. The first-order valence-electron chi connectivity index (χ1n) is 12.5. The van der Waals surface area contributed by atoms with Crippen molar-refractivity contribution in [2.75, 3.05) is 25.4 Å². The fraction of sp³-hybridized carbons (Fsp3) is 0.720. The van der Waals surface area contributed by atoms with Gasteiger partial charge in [-0.05, 0) is 93.0 Å². The van der Waals surface area contributed by atoms with Gasteiger partial charge in [0.2, 0.25) is 0 Å². The number of hydrogen-bond acceptors (Lipinski definition) is 6. The number of hydrogen-bond donors (Lipinski definition) is 3. The largest absolute Gasteiger partial charge is 0.480 e. The molecule has 1 aliphatic heterocycles. The van der Waals surface area contributed by atoms with Gasteiger partial charge in [0.1, 0.15) is 17.2 Å². The number of aromatic nitrogens is 1. The summed E-state index contributed by atoms with van der Waals surface area (Å²) in [5.41, 5.74) is 0.569. The second-order valence-corrected chi connectivity index (χ2v) is 11.5. The first-order valence-corrected chi connectivity index (χ1v) is 13.5. The van der Waals surface area contributed by atoms with E-state index in [9.17, 15) is 9.59 Å². The highest BCUT2D eigenvalue weighted by Gasteiger charge is 2.48. The number of carboxylic acids is 1. The molecule has 7 nitrogen and oxygen atoms in total. The van der Waals surface area contributed by atoms with E-state index in [1.54, 1.807) is 11.8 Å². The summed E-state index contributed by atoms with van der Waals surface area (Å²) < 4.78 is 5.85. The van der Waals surface area contributed by atoms with Crippen LogP contribution in [-0.4, -0.2) is 53.5 Å². The topological polar surface area (TPSA) is 101 Å². The van der Waals surface area contributed by atoms with Crippen LogP contribution < -0.4 is 10.6 Å². The zero-order valence-corrected chi connectivity index (χ0v) is 20.2. The van der Waals surface area contributed by atoms with E-state index in [1.165, 1.54) is 32.1 Å². The number of amides is 1. The number of thioether (sulfide) groups is 1. The maximum atomic E-state index is 13.5. The molecule has 1 aromatic rings. The highest BCUT2D eigenvalue weighted by atomic mass is 32.2. The summed E-state index contributed by atoms with van der Waals surface area (Å²) in [6.07, 6.45) is 8.11. The summed E-state index contributed by atoms with van der Waals surface area (Å²) in [6.45, 7) is 3.01. The number of aliphatic carboxylic acids is 1. The standard InChI is InChI=1S/C25H35N3O4S/c1-2-7-33-24-19(3-4-20(27-24)25(5-6-26-14-25)32-13-21(29)30)23(31)28-22-17-9-15-8-16(11-17)12-18(22)10-15/h3-4,15-18,22,26H,2,5-14H2,1H3,(H,28,31)(H,29,30)/t15?,16?,17?,18?,22?,25-/m1/s1. The summed E-state index contributed by atoms with van der Waals surface area (Å²) >= 11 is 1.60. The van der Waals surface area contributed by atoms with Gasteiger partial charge in [0.05, 0.1) is 11.3 Å². The molecule has 5 fully saturated rings. The lowest BCUT2D eigenvalue weighted by Crippen LogP contribution is -2.55. The van der Waals surface area contributed by atoms with E-state index >= 15 is 0 Å². The minimum atomic E-state index is -0.992. The van der Waals surface area contributed by atoms with E-state index in [0.717, 1.165) is 35.6 Å². The number of nitrogens with zero attached hydrogens (tertiary/aromatic N) is 1. The van der Waals surface area contributed by atoms with Gasteiger partial charge in [-0.3, -0.25) is 4.79 Å². The van der Waals surface area contributed by atoms with Gasteiger partial charge in [-0.2, -0.15) is 0 Å². The van der Waals surface area contributed by atoms with Gasteiger partial charge in [-0.15, -0.1) is 11.8 Å². The molecule has 1 aromatic heterocycles. The quantitative estimate of drug-likeness (QED) is 0.473. The van der Waals surface area contributed by atoms with Crippen LogP contribution in [0.25, 0.3) is 0 Å². The molecule has 4 saturated carbocycles. The minimum Gasteiger partial charge on any atom is -0.480 e. The fourth-order valence-electron chi connectivity index (χ4n) is 6.85. The normalized spacial score (nSPS) is 34.5. The highest BCUT2D eigenvalue weighted by molar-refractivity contribution is 7.99. The first-order chi connectivity index (χ1) is 16.0. The van der Waals surface area contributed by atoms with Crippen LogP contribution in [0, 0.1) is 23.7 Å². The van der Waals surface area contributed by atoms with Crippen LogP contribution in [0.2, 0.25) is 0 Å². The van der Waals surface area contributed by atoms with Crippen molar-refractivity contribution >= 4 is 23.6 Å². The Labute approximate surface area is 199 Å². The minimum absolute atomic E-state index is 0.0184. The van der Waals surface area contributed by atoms with Crippen molar-refractivity contribution in [1.29, 1.82) is 0 Å². The van der Waals surface area contributed by atoms with E-state index in [4.69, 9.17) is 14.8 Å². The maximum absolute atomic E-state index is 13.5. The number of ether oxygens (including phenoxy) is 1. The van der Waals surface area contributed by atoms with Gasteiger partial charge < -0.3 is 20.5 Å². The Morgan fingerprint density at radius 1 is 1.21 bits per heavy atom. The third kappa shape index (κ3) is 4.66. The van der Waals surface area contributed by atoms with E-state index in [0.29, 0.717) is 42.1 Å². The Morgan fingerprint density at radius 3 is 2.55 bits per heavy atom. The molecule has 0 aromatic carbocycles.